The second-order valence-corrected chi connectivity index (χ2v) is 3.59. The lowest BCUT2D eigenvalue weighted by Crippen LogP contribution is -2.33. The summed E-state index contributed by atoms with van der Waals surface area (Å²) < 4.78 is 69.8. The van der Waals surface area contributed by atoms with Crippen LogP contribution in [0.3, 0.4) is 0 Å². The van der Waals surface area contributed by atoms with Crippen LogP contribution in [0.15, 0.2) is 12.3 Å². The molecule has 0 aromatic carbocycles. The average Bonchev–Trinajstić information content (AvgIpc) is 2.79. The van der Waals surface area contributed by atoms with Gasteiger partial charge in [0.25, 0.3) is 5.91 Å². The summed E-state index contributed by atoms with van der Waals surface area (Å²) in [5, 5.41) is 5.26. The molecular formula is C9H5F5N4O. The molecule has 2 heterocycles. The number of hydrogen-bond acceptors (Lipinski definition) is 3. The summed E-state index contributed by atoms with van der Waals surface area (Å²) in [6, 6.07) is 0.462. The number of carbonyl (C=O) groups is 1. The van der Waals surface area contributed by atoms with Crippen LogP contribution in [0.5, 0.6) is 0 Å². The molecule has 0 aliphatic heterocycles. The summed E-state index contributed by atoms with van der Waals surface area (Å²) >= 11 is 0. The van der Waals surface area contributed by atoms with E-state index in [4.69, 9.17) is 1.41 Å². The Morgan fingerprint density at radius 2 is 2.05 bits per heavy atom. The van der Waals surface area contributed by atoms with Gasteiger partial charge in [0.05, 0.1) is 5.39 Å². The van der Waals surface area contributed by atoms with Gasteiger partial charge in [0.1, 0.15) is 0 Å². The van der Waals surface area contributed by atoms with E-state index in [9.17, 15) is 26.7 Å². The monoisotopic (exact) mass is 281 g/mol. The van der Waals surface area contributed by atoms with E-state index < -0.39 is 29.3 Å². The number of nitrogens with one attached hydrogen (secondary N) is 1. The molecule has 0 saturated carbocycles. The maximum atomic E-state index is 13.2. The number of hydrogen-bond donors (Lipinski definition) is 2. The van der Waals surface area contributed by atoms with Gasteiger partial charge in [0, 0.05) is 11.8 Å². The minimum absolute atomic E-state index is 0.148. The van der Waals surface area contributed by atoms with Gasteiger partial charge in [-0.05, 0) is 6.07 Å². The molecule has 0 saturated heterocycles. The normalized spacial score (nSPS) is 13.4. The topological polar surface area (TPSA) is 84.7 Å². The number of nitrogens with two attached hydrogens (primary N) is 1. The van der Waals surface area contributed by atoms with E-state index in [2.05, 4.69) is 15.2 Å². The van der Waals surface area contributed by atoms with Crippen LogP contribution in [0.4, 0.5) is 22.0 Å². The van der Waals surface area contributed by atoms with Crippen LogP contribution < -0.4 is 5.73 Å². The van der Waals surface area contributed by atoms with Crippen LogP contribution in [0.25, 0.3) is 11.0 Å². The van der Waals surface area contributed by atoms with Crippen molar-refractivity contribution in [1.82, 2.24) is 15.2 Å². The van der Waals surface area contributed by atoms with Gasteiger partial charge in [-0.3, -0.25) is 9.89 Å². The molecule has 10 heteroatoms. The van der Waals surface area contributed by atoms with E-state index in [1.54, 1.807) is 0 Å². The van der Waals surface area contributed by atoms with Gasteiger partial charge < -0.3 is 5.73 Å². The highest BCUT2D eigenvalue weighted by molar-refractivity contribution is 6.03. The molecule has 0 aliphatic carbocycles. The molecule has 102 valence electrons. The Labute approximate surface area is 103 Å². The minimum atomic E-state index is -5.79. The summed E-state index contributed by atoms with van der Waals surface area (Å²) in [6.07, 6.45) is -5.44. The molecule has 2 aromatic rings. The third-order valence-electron chi connectivity index (χ3n) is 2.35. The van der Waals surface area contributed by atoms with Crippen LogP contribution in [0.2, 0.25) is 1.41 Å². The Hall–Kier alpha value is -2.26. The molecule has 0 bridgehead atoms. The molecule has 0 unspecified atom stereocenters. The number of aromatic amines is 1. The number of fused-ring (bicyclic) bond motifs is 1. The van der Waals surface area contributed by atoms with Crippen molar-refractivity contribution in [2.24, 2.45) is 5.73 Å². The first-order valence-corrected chi connectivity index (χ1v) is 4.69. The zero-order valence-electron chi connectivity index (χ0n) is 9.85. The molecule has 0 radical (unpaired) electrons. The third-order valence-corrected chi connectivity index (χ3v) is 2.35. The predicted octanol–water partition coefficient (Wildman–Crippen LogP) is 1.71. The van der Waals surface area contributed by atoms with E-state index in [0.29, 0.717) is 12.3 Å². The molecule has 0 fully saturated rings. The fraction of sp³-hybridized carbons (Fsp3) is 0.222. The maximum Gasteiger partial charge on any atom is 0.458 e. The van der Waals surface area contributed by atoms with Crippen LogP contribution in [-0.4, -0.2) is 27.3 Å². The quantitative estimate of drug-likeness (QED) is 0.822. The van der Waals surface area contributed by atoms with Crippen molar-refractivity contribution in [3.63, 3.8) is 0 Å². The van der Waals surface area contributed by atoms with Crippen LogP contribution in [0, 0.1) is 0 Å². The number of alkyl halides is 5. The second kappa shape index (κ2) is 3.87. The second-order valence-electron chi connectivity index (χ2n) is 3.59. The van der Waals surface area contributed by atoms with E-state index in [0.717, 1.165) is 0 Å². The molecule has 2 aromatic heterocycles. The summed E-state index contributed by atoms with van der Waals surface area (Å²) in [6.45, 7) is 0. The number of amides is 1. The molecule has 0 spiro atoms. The Morgan fingerprint density at radius 1 is 1.37 bits per heavy atom. The molecule has 1 amide bonds. The largest absolute Gasteiger partial charge is 0.458 e. The summed E-state index contributed by atoms with van der Waals surface area (Å²) in [4.78, 5) is 14.6. The standard InChI is InChI=1S/C9H5F5N4O/c10-8(11,9(12,13)14)3-1-4-5(6(15)19)17-18-7(4)16-2-3/h1-2H,(H2,15,19)(H,16,17,18)/i/hD. The molecule has 3 N–H and O–H groups in total. The van der Waals surface area contributed by atoms with E-state index in [1.165, 1.54) is 5.73 Å². The molecular weight excluding hydrogens is 275 g/mol. The predicted molar refractivity (Wildman–Crippen MR) is 52.4 cm³/mol. The smallest absolute Gasteiger partial charge is 0.364 e. The molecule has 2 rings (SSSR count). The van der Waals surface area contributed by atoms with Gasteiger partial charge in [-0.25, -0.2) is 4.98 Å². The minimum Gasteiger partial charge on any atom is -0.364 e. The number of carbonyl (C=O) groups excluding carboxylic acids is 1. The lowest BCUT2D eigenvalue weighted by atomic mass is 10.1. The number of H-pyrrole nitrogens is 1. The van der Waals surface area contributed by atoms with Crippen molar-refractivity contribution in [2.75, 3.05) is 0 Å². The fourth-order valence-electron chi connectivity index (χ4n) is 1.41. The summed E-state index contributed by atoms with van der Waals surface area (Å²) in [5.74, 6) is -6.18. The molecule has 0 atom stereocenters. The molecule has 19 heavy (non-hydrogen) atoms. The number of halogens is 5. The highest BCUT2D eigenvalue weighted by Gasteiger charge is 2.59. The third kappa shape index (κ3) is 1.98. The van der Waals surface area contributed by atoms with Crippen LogP contribution >= 0.6 is 0 Å². The fourth-order valence-corrected chi connectivity index (χ4v) is 1.41. The summed E-state index contributed by atoms with van der Waals surface area (Å²) in [7, 11) is 0. The Balaban J connectivity index is 2.61. The van der Waals surface area contributed by atoms with Crippen molar-refractivity contribution >= 4 is 16.9 Å². The lowest BCUT2D eigenvalue weighted by Gasteiger charge is -2.19. The number of aromatic nitrogens is 3. The van der Waals surface area contributed by atoms with Crippen molar-refractivity contribution < 1.29 is 28.2 Å². The Morgan fingerprint density at radius 3 is 2.63 bits per heavy atom. The Kier molecular flexibility index (Phi) is 2.40. The van der Waals surface area contributed by atoms with Gasteiger partial charge >= 0.3 is 12.1 Å². The van der Waals surface area contributed by atoms with Crippen molar-refractivity contribution in [3.05, 3.63) is 23.5 Å². The highest BCUT2D eigenvalue weighted by Crippen LogP contribution is 2.44. The zero-order valence-corrected chi connectivity index (χ0v) is 8.85. The lowest BCUT2D eigenvalue weighted by molar-refractivity contribution is -0.289. The van der Waals surface area contributed by atoms with Gasteiger partial charge in [-0.2, -0.15) is 27.1 Å². The van der Waals surface area contributed by atoms with Crippen molar-refractivity contribution in [1.29, 1.82) is 0 Å². The zero-order chi connectivity index (χ0) is 15.1. The van der Waals surface area contributed by atoms with Crippen LogP contribution in [-0.2, 0) is 5.92 Å². The number of rotatable bonds is 2. The average molecular weight is 281 g/mol. The van der Waals surface area contributed by atoms with Gasteiger partial charge in [0.15, 0.2) is 12.8 Å². The molecule has 5 nitrogen and oxygen atoms in total. The maximum absolute atomic E-state index is 13.2. The first-order chi connectivity index (χ1) is 9.18. The van der Waals surface area contributed by atoms with E-state index in [1.807, 2.05) is 0 Å². The van der Waals surface area contributed by atoms with Crippen LogP contribution in [0.1, 0.15) is 16.1 Å². The van der Waals surface area contributed by atoms with Gasteiger partial charge in [-0.1, -0.05) is 0 Å². The highest BCUT2D eigenvalue weighted by atomic mass is 19.4. The number of primary amides is 1. The van der Waals surface area contributed by atoms with E-state index in [-0.39, 0.29) is 11.0 Å². The SMILES string of the molecule is [2H]NC(=O)c1n[nH]c2ncc(C(F)(F)C(F)(F)F)cc12. The first kappa shape index (κ1) is 11.8. The van der Waals surface area contributed by atoms with Crippen molar-refractivity contribution in [2.45, 2.75) is 12.1 Å². The summed E-state index contributed by atoms with van der Waals surface area (Å²) in [5.41, 5.74) is -0.625. The van der Waals surface area contributed by atoms with Gasteiger partial charge in [-0.15, -0.1) is 0 Å². The molecule has 0 aliphatic rings. The van der Waals surface area contributed by atoms with Crippen molar-refractivity contribution in [3.8, 4) is 0 Å². The Bertz CT molecular complexity index is 668. The van der Waals surface area contributed by atoms with E-state index >= 15 is 0 Å². The number of nitrogens with zero attached hydrogens (tertiary/aromatic N) is 2. The van der Waals surface area contributed by atoms with Gasteiger partial charge in [0.2, 0.25) is 0 Å². The number of pyridine rings is 1. The first-order valence-electron chi connectivity index (χ1n) is 5.19.